The van der Waals surface area contributed by atoms with Crippen LogP contribution in [0, 0.1) is 0 Å². The molecule has 1 aliphatic heterocycles. The van der Waals surface area contributed by atoms with Gasteiger partial charge in [0.25, 0.3) is 0 Å². The molecule has 1 fully saturated rings. The molecule has 7 nitrogen and oxygen atoms in total. The number of nitrogens with one attached hydrogen (secondary N) is 1. The topological polar surface area (TPSA) is 84.4 Å². The summed E-state index contributed by atoms with van der Waals surface area (Å²) in [7, 11) is 0. The average Bonchev–Trinajstić information content (AvgIpc) is 3.24. The Bertz CT molecular complexity index is 854. The number of furan rings is 1. The highest BCUT2D eigenvalue weighted by molar-refractivity contribution is 6.30. The van der Waals surface area contributed by atoms with Gasteiger partial charge >= 0.3 is 6.03 Å². The molecule has 8 heteroatoms. The second-order valence-corrected chi connectivity index (χ2v) is 6.26. The molecule has 0 unspecified atom stereocenters. The summed E-state index contributed by atoms with van der Waals surface area (Å²) in [6.07, 6.45) is 1.56. The molecule has 0 spiro atoms. The van der Waals surface area contributed by atoms with Gasteiger partial charge in [0.2, 0.25) is 11.7 Å². The lowest BCUT2D eigenvalue weighted by atomic mass is 10.0. The molecule has 0 aliphatic carbocycles. The number of halogens is 1. The normalized spacial score (nSPS) is 14.4. The summed E-state index contributed by atoms with van der Waals surface area (Å²) >= 11 is 5.84. The number of hydrogen-bond acceptors (Lipinski definition) is 5. The maximum absolute atomic E-state index is 12.1. The minimum absolute atomic E-state index is 0.0532. The van der Waals surface area contributed by atoms with Crippen molar-refractivity contribution in [3.63, 3.8) is 0 Å². The number of benzene rings is 1. The lowest BCUT2D eigenvalue weighted by Gasteiger charge is -2.36. The van der Waals surface area contributed by atoms with Gasteiger partial charge in [-0.05, 0) is 29.8 Å². The van der Waals surface area contributed by atoms with Crippen LogP contribution in [-0.2, 0) is 6.54 Å². The number of carbonyl (C=O) groups is 1. The molecule has 2 aromatic heterocycles. The summed E-state index contributed by atoms with van der Waals surface area (Å²) in [5.41, 5.74) is 0.995. The molecule has 0 saturated carbocycles. The summed E-state index contributed by atoms with van der Waals surface area (Å²) in [5.74, 6) is 1.56. The molecule has 4 rings (SSSR count). The van der Waals surface area contributed by atoms with Crippen molar-refractivity contribution in [2.24, 2.45) is 0 Å². The van der Waals surface area contributed by atoms with Crippen molar-refractivity contribution in [1.29, 1.82) is 0 Å². The largest absolute Gasteiger partial charge is 0.461 e. The van der Waals surface area contributed by atoms with E-state index in [4.69, 9.17) is 20.5 Å². The van der Waals surface area contributed by atoms with E-state index in [0.29, 0.717) is 42.1 Å². The van der Waals surface area contributed by atoms with Gasteiger partial charge in [-0.2, -0.15) is 4.98 Å². The van der Waals surface area contributed by atoms with E-state index in [-0.39, 0.29) is 11.9 Å². The van der Waals surface area contributed by atoms with Crippen LogP contribution in [0.5, 0.6) is 0 Å². The third-order valence-electron chi connectivity index (χ3n) is 4.06. The molecule has 0 atom stereocenters. The minimum atomic E-state index is -0.114. The fraction of sp³-hybridized carbons (Fsp3) is 0.235. The molecule has 25 heavy (non-hydrogen) atoms. The number of aromatic nitrogens is 2. The first-order chi connectivity index (χ1) is 12.2. The van der Waals surface area contributed by atoms with Crippen LogP contribution in [0.4, 0.5) is 4.79 Å². The molecule has 128 valence electrons. The van der Waals surface area contributed by atoms with E-state index in [1.165, 1.54) is 0 Å². The lowest BCUT2D eigenvalue weighted by Crippen LogP contribution is -2.52. The second kappa shape index (κ2) is 6.60. The zero-order valence-corrected chi connectivity index (χ0v) is 13.9. The molecule has 3 aromatic rings. The van der Waals surface area contributed by atoms with Crippen LogP contribution in [0.15, 0.2) is 51.6 Å². The van der Waals surface area contributed by atoms with Crippen LogP contribution in [0.1, 0.15) is 17.4 Å². The summed E-state index contributed by atoms with van der Waals surface area (Å²) in [5, 5.41) is 7.46. The first kappa shape index (κ1) is 15.7. The molecule has 1 N–H and O–H groups in total. The monoisotopic (exact) mass is 358 g/mol. The van der Waals surface area contributed by atoms with Crippen molar-refractivity contribution < 1.29 is 13.7 Å². The fourth-order valence-electron chi connectivity index (χ4n) is 2.60. The smallest absolute Gasteiger partial charge is 0.317 e. The molecule has 0 bridgehead atoms. The molecular weight excluding hydrogens is 344 g/mol. The van der Waals surface area contributed by atoms with Gasteiger partial charge in [-0.1, -0.05) is 28.9 Å². The maximum Gasteiger partial charge on any atom is 0.317 e. The zero-order chi connectivity index (χ0) is 17.2. The first-order valence-electron chi connectivity index (χ1n) is 7.84. The predicted molar refractivity (Wildman–Crippen MR) is 90.0 cm³/mol. The molecular formula is C17H15ClN4O3. The van der Waals surface area contributed by atoms with Gasteiger partial charge in [0.05, 0.1) is 12.2 Å². The Hall–Kier alpha value is -2.80. The number of carbonyl (C=O) groups excluding carboxylic acids is 1. The fourth-order valence-corrected chi connectivity index (χ4v) is 2.73. The predicted octanol–water partition coefficient (Wildman–Crippen LogP) is 3.29. The van der Waals surface area contributed by atoms with Crippen molar-refractivity contribution in [2.75, 3.05) is 13.1 Å². The number of nitrogens with zero attached hydrogens (tertiary/aromatic N) is 3. The first-order valence-corrected chi connectivity index (χ1v) is 8.21. The second-order valence-electron chi connectivity index (χ2n) is 5.82. The van der Waals surface area contributed by atoms with Crippen molar-refractivity contribution >= 4 is 17.6 Å². The molecule has 2 amide bonds. The Morgan fingerprint density at radius 3 is 2.80 bits per heavy atom. The summed E-state index contributed by atoms with van der Waals surface area (Å²) in [6.45, 7) is 1.55. The third kappa shape index (κ3) is 3.36. The van der Waals surface area contributed by atoms with E-state index in [2.05, 4.69) is 15.5 Å². The number of urea groups is 1. The highest BCUT2D eigenvalue weighted by Gasteiger charge is 2.35. The Labute approximate surface area is 148 Å². The van der Waals surface area contributed by atoms with Gasteiger partial charge in [-0.3, -0.25) is 0 Å². The quantitative estimate of drug-likeness (QED) is 0.773. The van der Waals surface area contributed by atoms with Gasteiger partial charge < -0.3 is 19.2 Å². The van der Waals surface area contributed by atoms with Crippen molar-refractivity contribution in [3.05, 3.63) is 59.1 Å². The Balaban J connectivity index is 1.28. The van der Waals surface area contributed by atoms with Crippen LogP contribution in [-0.4, -0.2) is 34.2 Å². The minimum Gasteiger partial charge on any atom is -0.461 e. The van der Waals surface area contributed by atoms with Crippen LogP contribution < -0.4 is 5.32 Å². The van der Waals surface area contributed by atoms with Crippen LogP contribution in [0.3, 0.4) is 0 Å². The maximum atomic E-state index is 12.1. The van der Waals surface area contributed by atoms with Gasteiger partial charge in [0, 0.05) is 24.7 Å². The summed E-state index contributed by atoms with van der Waals surface area (Å²) < 4.78 is 10.5. The number of likely N-dealkylation sites (tertiary alicyclic amines) is 1. The SMILES string of the molecule is O=C(NCc1ccc(Cl)cc1)N1CC(c2nc(-c3ccco3)no2)C1. The molecule has 1 aliphatic rings. The number of hydrogen-bond donors (Lipinski definition) is 1. The van der Waals surface area contributed by atoms with Gasteiger partial charge in [0.1, 0.15) is 0 Å². The van der Waals surface area contributed by atoms with E-state index in [0.717, 1.165) is 5.56 Å². The molecule has 0 radical (unpaired) electrons. The van der Waals surface area contributed by atoms with Crippen molar-refractivity contribution in [1.82, 2.24) is 20.4 Å². The zero-order valence-electron chi connectivity index (χ0n) is 13.2. The molecule has 3 heterocycles. The summed E-state index contributed by atoms with van der Waals surface area (Å²) in [6, 6.07) is 10.8. The van der Waals surface area contributed by atoms with Crippen molar-refractivity contribution in [3.8, 4) is 11.6 Å². The third-order valence-corrected chi connectivity index (χ3v) is 4.31. The van der Waals surface area contributed by atoms with E-state index in [9.17, 15) is 4.79 Å². The van der Waals surface area contributed by atoms with Crippen molar-refractivity contribution in [2.45, 2.75) is 12.5 Å². The Kier molecular flexibility index (Phi) is 4.15. The van der Waals surface area contributed by atoms with Crippen LogP contribution in [0.2, 0.25) is 5.02 Å². The molecule has 1 aromatic carbocycles. The van der Waals surface area contributed by atoms with Gasteiger partial charge in [-0.25, -0.2) is 4.79 Å². The Morgan fingerprint density at radius 1 is 1.28 bits per heavy atom. The molecule has 1 saturated heterocycles. The van der Waals surface area contributed by atoms with E-state index in [1.807, 2.05) is 12.1 Å². The van der Waals surface area contributed by atoms with Gasteiger partial charge in [-0.15, -0.1) is 0 Å². The van der Waals surface area contributed by atoms with E-state index in [1.54, 1.807) is 35.4 Å². The Morgan fingerprint density at radius 2 is 2.08 bits per heavy atom. The average molecular weight is 359 g/mol. The summed E-state index contributed by atoms with van der Waals surface area (Å²) in [4.78, 5) is 18.2. The van der Waals surface area contributed by atoms with E-state index < -0.39 is 0 Å². The standard InChI is InChI=1S/C17H15ClN4O3/c18-13-5-3-11(4-6-13)8-19-17(23)22-9-12(10-22)16-20-15(21-25-16)14-2-1-7-24-14/h1-7,12H,8-10H2,(H,19,23). The highest BCUT2D eigenvalue weighted by atomic mass is 35.5. The van der Waals surface area contributed by atoms with Crippen LogP contribution in [0.25, 0.3) is 11.6 Å². The highest BCUT2D eigenvalue weighted by Crippen LogP contribution is 2.27. The van der Waals surface area contributed by atoms with E-state index >= 15 is 0 Å². The number of amides is 2. The van der Waals surface area contributed by atoms with Crippen LogP contribution >= 0.6 is 11.6 Å². The lowest BCUT2D eigenvalue weighted by molar-refractivity contribution is 0.136. The van der Waals surface area contributed by atoms with Gasteiger partial charge in [0.15, 0.2) is 5.76 Å². The number of rotatable bonds is 4.